The Balaban J connectivity index is 2.31. The molecule has 0 aromatic heterocycles. The van der Waals surface area contributed by atoms with Crippen molar-refractivity contribution >= 4 is 18.6 Å². The quantitative estimate of drug-likeness (QED) is 0.455. The average molecular weight is 260 g/mol. The molecule has 0 radical (unpaired) electrons. The van der Waals surface area contributed by atoms with Crippen LogP contribution in [0.4, 0.5) is 0 Å². The molecule has 100 valence electrons. The first-order valence-corrected chi connectivity index (χ1v) is 6.78. The zero-order valence-corrected chi connectivity index (χ0v) is 12.0. The number of ether oxygens (including phenoxy) is 1. The lowest BCUT2D eigenvalue weighted by Crippen LogP contribution is -2.45. The standard InChI is InChI=1S/C12H24N2O2S/c1-12(2,11(15)16-10-17)4-5-14-8-6-13(3)7-9-14/h17H,4-10H2,1-3H3. The number of hydrogen-bond donors (Lipinski definition) is 1. The Morgan fingerprint density at radius 1 is 1.29 bits per heavy atom. The number of piperazine rings is 1. The van der Waals surface area contributed by atoms with E-state index in [1.807, 2.05) is 13.8 Å². The van der Waals surface area contributed by atoms with Crippen LogP contribution in [-0.4, -0.2) is 61.5 Å². The monoisotopic (exact) mass is 260 g/mol. The van der Waals surface area contributed by atoms with E-state index >= 15 is 0 Å². The van der Waals surface area contributed by atoms with Gasteiger partial charge in [0.1, 0.15) is 5.94 Å². The second-order valence-corrected chi connectivity index (χ2v) is 5.60. The summed E-state index contributed by atoms with van der Waals surface area (Å²) in [7, 11) is 2.14. The Bertz CT molecular complexity index is 251. The Labute approximate surface area is 110 Å². The molecule has 1 heterocycles. The topological polar surface area (TPSA) is 32.8 Å². The molecule has 0 saturated carbocycles. The van der Waals surface area contributed by atoms with Gasteiger partial charge in [0.2, 0.25) is 0 Å². The minimum absolute atomic E-state index is 0.151. The molecule has 0 aromatic rings. The van der Waals surface area contributed by atoms with Gasteiger partial charge in [-0.3, -0.25) is 4.79 Å². The Morgan fingerprint density at radius 3 is 2.41 bits per heavy atom. The van der Waals surface area contributed by atoms with Crippen molar-refractivity contribution in [3.8, 4) is 0 Å². The van der Waals surface area contributed by atoms with Gasteiger partial charge in [0, 0.05) is 26.2 Å². The number of rotatable bonds is 5. The predicted molar refractivity (Wildman–Crippen MR) is 72.3 cm³/mol. The van der Waals surface area contributed by atoms with Crippen LogP contribution in [0.2, 0.25) is 0 Å². The van der Waals surface area contributed by atoms with E-state index in [0.717, 1.165) is 39.1 Å². The highest BCUT2D eigenvalue weighted by molar-refractivity contribution is 7.80. The highest BCUT2D eigenvalue weighted by Gasteiger charge is 2.29. The maximum atomic E-state index is 11.7. The molecule has 1 rings (SSSR count). The Kier molecular flexibility index (Phi) is 5.76. The molecule has 0 aliphatic carbocycles. The van der Waals surface area contributed by atoms with E-state index in [0.29, 0.717) is 0 Å². The molecule has 0 amide bonds. The second-order valence-electron chi connectivity index (χ2n) is 5.34. The summed E-state index contributed by atoms with van der Waals surface area (Å²) < 4.78 is 4.96. The lowest BCUT2D eigenvalue weighted by Gasteiger charge is -2.34. The van der Waals surface area contributed by atoms with E-state index in [1.54, 1.807) is 0 Å². The molecule has 5 heteroatoms. The van der Waals surface area contributed by atoms with Crippen LogP contribution in [-0.2, 0) is 9.53 Å². The largest absolute Gasteiger partial charge is 0.454 e. The van der Waals surface area contributed by atoms with Gasteiger partial charge in [0.15, 0.2) is 0 Å². The number of carbonyl (C=O) groups excluding carboxylic acids is 1. The summed E-state index contributed by atoms with van der Waals surface area (Å²) in [6.07, 6.45) is 0.837. The molecule has 0 spiro atoms. The Hall–Kier alpha value is -0.260. The molecule has 1 fully saturated rings. The summed E-state index contributed by atoms with van der Waals surface area (Å²) in [5, 5.41) is 0. The first-order valence-electron chi connectivity index (χ1n) is 6.15. The van der Waals surface area contributed by atoms with Gasteiger partial charge < -0.3 is 14.5 Å². The highest BCUT2D eigenvalue weighted by Crippen LogP contribution is 2.23. The van der Waals surface area contributed by atoms with Crippen LogP contribution >= 0.6 is 12.6 Å². The summed E-state index contributed by atoms with van der Waals surface area (Å²) in [4.78, 5) is 16.4. The van der Waals surface area contributed by atoms with E-state index in [-0.39, 0.29) is 11.9 Å². The molecular weight excluding hydrogens is 236 g/mol. The first kappa shape index (κ1) is 14.8. The summed E-state index contributed by atoms with van der Waals surface area (Å²) >= 11 is 3.91. The van der Waals surface area contributed by atoms with Gasteiger partial charge in [0.05, 0.1) is 5.41 Å². The maximum Gasteiger partial charge on any atom is 0.312 e. The van der Waals surface area contributed by atoms with Gasteiger partial charge in [-0.1, -0.05) is 0 Å². The van der Waals surface area contributed by atoms with Crippen LogP contribution < -0.4 is 0 Å². The van der Waals surface area contributed by atoms with Crippen molar-refractivity contribution in [3.63, 3.8) is 0 Å². The van der Waals surface area contributed by atoms with Gasteiger partial charge in [-0.05, 0) is 33.9 Å². The van der Waals surface area contributed by atoms with E-state index < -0.39 is 5.41 Å². The van der Waals surface area contributed by atoms with Crippen LogP contribution in [0.3, 0.4) is 0 Å². The van der Waals surface area contributed by atoms with Crippen molar-refractivity contribution in [1.82, 2.24) is 9.80 Å². The van der Waals surface area contributed by atoms with E-state index in [2.05, 4.69) is 29.5 Å². The fourth-order valence-corrected chi connectivity index (χ4v) is 1.98. The second kappa shape index (κ2) is 6.61. The molecule has 0 bridgehead atoms. The van der Waals surface area contributed by atoms with Crippen molar-refractivity contribution in [3.05, 3.63) is 0 Å². The van der Waals surface area contributed by atoms with Crippen LogP contribution in [0, 0.1) is 5.41 Å². The molecule has 1 saturated heterocycles. The van der Waals surface area contributed by atoms with Crippen molar-refractivity contribution in [2.24, 2.45) is 5.41 Å². The molecule has 0 aromatic carbocycles. The van der Waals surface area contributed by atoms with Crippen LogP contribution in [0.25, 0.3) is 0 Å². The highest BCUT2D eigenvalue weighted by atomic mass is 32.1. The number of esters is 1. The molecule has 0 N–H and O–H groups in total. The lowest BCUT2D eigenvalue weighted by atomic mass is 9.89. The van der Waals surface area contributed by atoms with Gasteiger partial charge in [0.25, 0.3) is 0 Å². The molecule has 1 aliphatic rings. The lowest BCUT2D eigenvalue weighted by molar-refractivity contribution is -0.152. The van der Waals surface area contributed by atoms with Crippen molar-refractivity contribution in [1.29, 1.82) is 0 Å². The van der Waals surface area contributed by atoms with Crippen LogP contribution in [0.15, 0.2) is 0 Å². The molecule has 4 nitrogen and oxygen atoms in total. The minimum atomic E-state index is -0.411. The van der Waals surface area contributed by atoms with Gasteiger partial charge in [-0.2, -0.15) is 0 Å². The van der Waals surface area contributed by atoms with Crippen molar-refractivity contribution < 1.29 is 9.53 Å². The van der Waals surface area contributed by atoms with E-state index in [1.165, 1.54) is 0 Å². The molecule has 0 atom stereocenters. The van der Waals surface area contributed by atoms with Crippen LogP contribution in [0.1, 0.15) is 20.3 Å². The van der Waals surface area contributed by atoms with Crippen molar-refractivity contribution in [2.45, 2.75) is 20.3 Å². The predicted octanol–water partition coefficient (Wildman–Crippen LogP) is 1.08. The van der Waals surface area contributed by atoms with Gasteiger partial charge in [-0.25, -0.2) is 0 Å². The van der Waals surface area contributed by atoms with Gasteiger partial charge >= 0.3 is 5.97 Å². The fraction of sp³-hybridized carbons (Fsp3) is 0.917. The third-order valence-corrected chi connectivity index (χ3v) is 3.53. The number of hydrogen-bond acceptors (Lipinski definition) is 5. The van der Waals surface area contributed by atoms with E-state index in [9.17, 15) is 4.79 Å². The molecule has 0 unspecified atom stereocenters. The molecule has 1 aliphatic heterocycles. The minimum Gasteiger partial charge on any atom is -0.454 e. The van der Waals surface area contributed by atoms with E-state index in [4.69, 9.17) is 4.74 Å². The summed E-state index contributed by atoms with van der Waals surface area (Å²) in [5.74, 6) is 0.0122. The van der Waals surface area contributed by atoms with Crippen molar-refractivity contribution in [2.75, 3.05) is 45.7 Å². The zero-order chi connectivity index (χ0) is 12.9. The average Bonchev–Trinajstić information content (AvgIpc) is 2.29. The first-order chi connectivity index (χ1) is 7.95. The fourth-order valence-electron chi connectivity index (χ4n) is 1.87. The molecule has 17 heavy (non-hydrogen) atoms. The zero-order valence-electron chi connectivity index (χ0n) is 11.1. The maximum absolute atomic E-state index is 11.7. The van der Waals surface area contributed by atoms with Crippen LogP contribution in [0.5, 0.6) is 0 Å². The number of likely N-dealkylation sites (N-methyl/N-ethyl adjacent to an activating group) is 1. The smallest absolute Gasteiger partial charge is 0.312 e. The summed E-state index contributed by atoms with van der Waals surface area (Å²) in [6.45, 7) is 9.25. The third-order valence-electron chi connectivity index (χ3n) is 3.40. The normalized spacial score (nSPS) is 19.3. The molecular formula is C12H24N2O2S. The number of carbonyl (C=O) groups is 1. The number of nitrogens with zero attached hydrogens (tertiary/aromatic N) is 2. The summed E-state index contributed by atoms with van der Waals surface area (Å²) in [5.41, 5.74) is -0.411. The number of thiol groups is 1. The van der Waals surface area contributed by atoms with Gasteiger partial charge in [-0.15, -0.1) is 12.6 Å². The Morgan fingerprint density at radius 2 is 1.88 bits per heavy atom. The summed E-state index contributed by atoms with van der Waals surface area (Å²) in [6, 6.07) is 0. The third kappa shape index (κ3) is 4.85. The SMILES string of the molecule is CN1CCN(CCC(C)(C)C(=O)OCS)CC1.